The predicted molar refractivity (Wildman–Crippen MR) is 102 cm³/mol. The summed E-state index contributed by atoms with van der Waals surface area (Å²) in [5.41, 5.74) is 1.88. The Kier molecular flexibility index (Phi) is 6.38. The minimum Gasteiger partial charge on any atom is -0.378 e. The summed E-state index contributed by atoms with van der Waals surface area (Å²) in [7, 11) is 0. The fourth-order valence-corrected chi connectivity index (χ4v) is 2.58. The summed E-state index contributed by atoms with van der Waals surface area (Å²) in [5.74, 6) is 0.642. The summed E-state index contributed by atoms with van der Waals surface area (Å²) in [5, 5.41) is 13.6. The number of anilines is 1. The second kappa shape index (κ2) is 9.14. The fraction of sp³-hybridized carbons (Fsp3) is 0.211. The second-order valence-corrected chi connectivity index (χ2v) is 6.40. The molecule has 0 aliphatic heterocycles. The van der Waals surface area contributed by atoms with Crippen molar-refractivity contribution in [2.75, 3.05) is 11.9 Å². The van der Waals surface area contributed by atoms with Gasteiger partial charge in [0.05, 0.1) is 13.0 Å². The van der Waals surface area contributed by atoms with Crippen LogP contribution in [0.3, 0.4) is 0 Å². The number of aromatic amines is 1. The maximum atomic E-state index is 12.9. The van der Waals surface area contributed by atoms with Gasteiger partial charge in [0, 0.05) is 17.3 Å². The number of hydrogen-bond donors (Lipinski definition) is 3. The molecule has 0 saturated heterocycles. The van der Waals surface area contributed by atoms with Crippen LogP contribution in [0.4, 0.5) is 10.1 Å². The quantitative estimate of drug-likeness (QED) is 0.554. The first-order valence-corrected chi connectivity index (χ1v) is 8.87. The number of carbonyl (C=O) groups excluding carboxylic acids is 1. The van der Waals surface area contributed by atoms with Gasteiger partial charge in [0.2, 0.25) is 5.91 Å². The maximum absolute atomic E-state index is 12.9. The molecule has 0 spiro atoms. The van der Waals surface area contributed by atoms with Gasteiger partial charge in [0.15, 0.2) is 5.82 Å². The van der Waals surface area contributed by atoms with E-state index < -0.39 is 0 Å². The van der Waals surface area contributed by atoms with Crippen LogP contribution in [0.5, 0.6) is 0 Å². The van der Waals surface area contributed by atoms with Crippen LogP contribution < -0.4 is 10.6 Å². The number of nitrogens with one attached hydrogen (secondary N) is 3. The molecular weight excluding hydrogens is 369 g/mol. The van der Waals surface area contributed by atoms with Crippen LogP contribution >= 0.6 is 11.6 Å². The maximum Gasteiger partial charge on any atom is 0.227 e. The molecule has 3 rings (SSSR count). The van der Waals surface area contributed by atoms with Gasteiger partial charge in [-0.25, -0.2) is 9.37 Å². The number of carbonyl (C=O) groups is 1. The third-order valence-electron chi connectivity index (χ3n) is 3.85. The molecule has 0 bridgehead atoms. The van der Waals surface area contributed by atoms with Crippen molar-refractivity contribution in [3.05, 3.63) is 76.6 Å². The zero-order chi connectivity index (χ0) is 19.1. The van der Waals surface area contributed by atoms with Crippen LogP contribution in [0.15, 0.2) is 48.5 Å². The van der Waals surface area contributed by atoms with Crippen molar-refractivity contribution < 1.29 is 9.18 Å². The summed E-state index contributed by atoms with van der Waals surface area (Å²) in [6.07, 6.45) is 0.733. The van der Waals surface area contributed by atoms with E-state index in [0.717, 1.165) is 11.3 Å². The number of H-pyrrole nitrogens is 1. The number of halogens is 2. The zero-order valence-electron chi connectivity index (χ0n) is 14.5. The van der Waals surface area contributed by atoms with E-state index in [0.29, 0.717) is 36.2 Å². The highest BCUT2D eigenvalue weighted by atomic mass is 35.5. The molecule has 3 N–H and O–H groups in total. The van der Waals surface area contributed by atoms with Crippen molar-refractivity contribution in [1.29, 1.82) is 0 Å². The smallest absolute Gasteiger partial charge is 0.227 e. The molecule has 0 radical (unpaired) electrons. The highest BCUT2D eigenvalue weighted by Gasteiger charge is 2.09. The molecule has 1 heterocycles. The molecular formula is C19H19ClFN5O. The van der Waals surface area contributed by atoms with Gasteiger partial charge in [-0.15, -0.1) is 0 Å². The molecule has 0 aliphatic carbocycles. The highest BCUT2D eigenvalue weighted by Crippen LogP contribution is 2.13. The summed E-state index contributed by atoms with van der Waals surface area (Å²) >= 11 is 5.85. The van der Waals surface area contributed by atoms with Crippen LogP contribution in [0.2, 0.25) is 5.02 Å². The first-order chi connectivity index (χ1) is 13.1. The van der Waals surface area contributed by atoms with Gasteiger partial charge in [0.1, 0.15) is 11.6 Å². The number of hydrogen-bond acceptors (Lipinski definition) is 4. The number of amides is 1. The fourth-order valence-electron chi connectivity index (χ4n) is 2.45. The zero-order valence-corrected chi connectivity index (χ0v) is 15.3. The van der Waals surface area contributed by atoms with E-state index in [1.54, 1.807) is 24.3 Å². The molecule has 0 atom stereocenters. The Morgan fingerprint density at radius 1 is 1.11 bits per heavy atom. The first kappa shape index (κ1) is 18.8. The summed E-state index contributed by atoms with van der Waals surface area (Å²) in [4.78, 5) is 16.3. The van der Waals surface area contributed by atoms with Gasteiger partial charge in [-0.2, -0.15) is 5.10 Å². The molecule has 3 aromatic rings. The van der Waals surface area contributed by atoms with Crippen molar-refractivity contribution in [2.24, 2.45) is 0 Å². The standard InChI is InChI=1S/C19H19ClFN5O/c20-14-3-7-16(8-4-14)23-12-18-24-17(25-26-18)11-19(27)22-10-9-13-1-5-15(21)6-2-13/h1-8,23H,9-12H2,(H,22,27)(H,24,25,26). The van der Waals surface area contributed by atoms with Crippen molar-refractivity contribution in [3.63, 3.8) is 0 Å². The lowest BCUT2D eigenvalue weighted by Crippen LogP contribution is -2.27. The minimum absolute atomic E-state index is 0.0981. The first-order valence-electron chi connectivity index (χ1n) is 8.49. The third-order valence-corrected chi connectivity index (χ3v) is 4.10. The third kappa shape index (κ3) is 6.07. The lowest BCUT2D eigenvalue weighted by Gasteiger charge is -2.04. The second-order valence-electron chi connectivity index (χ2n) is 5.96. The van der Waals surface area contributed by atoms with Gasteiger partial charge in [0.25, 0.3) is 0 Å². The Balaban J connectivity index is 1.40. The SMILES string of the molecule is O=C(Cc1n[nH]c(CNc2ccc(Cl)cc2)n1)NCCc1ccc(F)cc1. The molecule has 2 aromatic carbocycles. The average molecular weight is 388 g/mol. The van der Waals surface area contributed by atoms with Gasteiger partial charge in [-0.3, -0.25) is 9.89 Å². The monoisotopic (exact) mass is 387 g/mol. The van der Waals surface area contributed by atoms with Gasteiger partial charge < -0.3 is 10.6 Å². The van der Waals surface area contributed by atoms with Gasteiger partial charge in [-0.05, 0) is 48.4 Å². The van der Waals surface area contributed by atoms with Crippen LogP contribution in [0.25, 0.3) is 0 Å². The van der Waals surface area contributed by atoms with E-state index in [9.17, 15) is 9.18 Å². The lowest BCUT2D eigenvalue weighted by molar-refractivity contribution is -0.120. The summed E-state index contributed by atoms with van der Waals surface area (Å²) in [6.45, 7) is 0.931. The summed E-state index contributed by atoms with van der Waals surface area (Å²) < 4.78 is 12.9. The molecule has 0 saturated carbocycles. The molecule has 8 heteroatoms. The topological polar surface area (TPSA) is 82.7 Å². The highest BCUT2D eigenvalue weighted by molar-refractivity contribution is 6.30. The summed E-state index contributed by atoms with van der Waals surface area (Å²) in [6, 6.07) is 13.6. The Morgan fingerprint density at radius 3 is 2.59 bits per heavy atom. The van der Waals surface area contributed by atoms with Crippen LogP contribution in [0, 0.1) is 5.82 Å². The number of nitrogens with zero attached hydrogens (tertiary/aromatic N) is 2. The molecule has 1 amide bonds. The number of rotatable bonds is 8. The molecule has 0 aliphatic rings. The Hall–Kier alpha value is -2.93. The molecule has 0 unspecified atom stereocenters. The minimum atomic E-state index is -0.270. The van der Waals surface area contributed by atoms with Crippen LogP contribution in [0.1, 0.15) is 17.2 Å². The molecule has 0 fully saturated rings. The van der Waals surface area contributed by atoms with E-state index >= 15 is 0 Å². The van der Waals surface area contributed by atoms with Crippen molar-refractivity contribution in [3.8, 4) is 0 Å². The van der Waals surface area contributed by atoms with E-state index in [4.69, 9.17) is 11.6 Å². The largest absolute Gasteiger partial charge is 0.378 e. The molecule has 1 aromatic heterocycles. The Labute approximate surface area is 161 Å². The van der Waals surface area contributed by atoms with Crippen molar-refractivity contribution >= 4 is 23.2 Å². The van der Waals surface area contributed by atoms with Crippen LogP contribution in [-0.2, 0) is 24.2 Å². The van der Waals surface area contributed by atoms with Gasteiger partial charge >= 0.3 is 0 Å². The Morgan fingerprint density at radius 2 is 1.85 bits per heavy atom. The average Bonchev–Trinajstić information content (AvgIpc) is 3.10. The number of benzene rings is 2. The number of aromatic nitrogens is 3. The van der Waals surface area contributed by atoms with Crippen LogP contribution in [-0.4, -0.2) is 27.6 Å². The molecule has 140 valence electrons. The predicted octanol–water partition coefficient (Wildman–Crippen LogP) is 3.11. The van der Waals surface area contributed by atoms with E-state index in [2.05, 4.69) is 25.8 Å². The van der Waals surface area contributed by atoms with E-state index in [1.807, 2.05) is 12.1 Å². The van der Waals surface area contributed by atoms with Crippen molar-refractivity contribution in [2.45, 2.75) is 19.4 Å². The van der Waals surface area contributed by atoms with E-state index in [-0.39, 0.29) is 18.1 Å². The van der Waals surface area contributed by atoms with E-state index in [1.165, 1.54) is 12.1 Å². The Bertz CT molecular complexity index is 880. The van der Waals surface area contributed by atoms with Gasteiger partial charge in [-0.1, -0.05) is 23.7 Å². The van der Waals surface area contributed by atoms with Crippen molar-refractivity contribution in [1.82, 2.24) is 20.5 Å². The lowest BCUT2D eigenvalue weighted by atomic mass is 10.1. The molecule has 27 heavy (non-hydrogen) atoms. The molecule has 6 nitrogen and oxygen atoms in total. The normalized spacial score (nSPS) is 10.6.